The number of nitrogens with one attached hydrogen (secondary N) is 1. The molecule has 0 bridgehead atoms. The predicted octanol–water partition coefficient (Wildman–Crippen LogP) is 7.11. The van der Waals surface area contributed by atoms with Crippen molar-refractivity contribution in [2.45, 2.75) is 83.3 Å². The van der Waals surface area contributed by atoms with Crippen LogP contribution in [0.15, 0.2) is 78.9 Å². The van der Waals surface area contributed by atoms with Gasteiger partial charge in [0.05, 0.1) is 0 Å². The van der Waals surface area contributed by atoms with E-state index in [4.69, 9.17) is 16.3 Å². The fourth-order valence-electron chi connectivity index (χ4n) is 5.36. The summed E-state index contributed by atoms with van der Waals surface area (Å²) in [5.41, 5.74) is 2.74. The second-order valence-corrected chi connectivity index (χ2v) is 12.2. The van der Waals surface area contributed by atoms with Gasteiger partial charge >= 0.3 is 0 Å². The van der Waals surface area contributed by atoms with Crippen molar-refractivity contribution in [3.63, 3.8) is 0 Å². The van der Waals surface area contributed by atoms with E-state index in [0.717, 1.165) is 42.4 Å². The van der Waals surface area contributed by atoms with Crippen LogP contribution in [0.3, 0.4) is 0 Å². The Morgan fingerprint density at radius 2 is 1.60 bits per heavy atom. The lowest BCUT2D eigenvalue weighted by Gasteiger charge is -2.33. The highest BCUT2D eigenvalue weighted by Gasteiger charge is 2.32. The van der Waals surface area contributed by atoms with Gasteiger partial charge in [-0.25, -0.2) is 0 Å². The minimum atomic E-state index is -0.697. The molecule has 40 heavy (non-hydrogen) atoms. The highest BCUT2D eigenvalue weighted by atomic mass is 35.5. The quantitative estimate of drug-likeness (QED) is 0.287. The van der Waals surface area contributed by atoms with Gasteiger partial charge in [-0.1, -0.05) is 112 Å². The second kappa shape index (κ2) is 13.8. The molecule has 3 aromatic rings. The van der Waals surface area contributed by atoms with Gasteiger partial charge in [0.2, 0.25) is 5.91 Å². The van der Waals surface area contributed by atoms with E-state index in [-0.39, 0.29) is 36.4 Å². The van der Waals surface area contributed by atoms with Crippen LogP contribution < -0.4 is 10.1 Å². The van der Waals surface area contributed by atoms with E-state index >= 15 is 0 Å². The molecule has 0 aromatic heterocycles. The zero-order valence-electron chi connectivity index (χ0n) is 23.9. The monoisotopic (exact) mass is 560 g/mol. The molecular formula is C34H41ClN2O3. The summed E-state index contributed by atoms with van der Waals surface area (Å²) in [7, 11) is 0. The molecule has 0 unspecified atom stereocenters. The summed E-state index contributed by atoms with van der Waals surface area (Å²) in [6, 6.07) is 24.6. The lowest BCUT2D eigenvalue weighted by Crippen LogP contribution is -2.53. The first kappa shape index (κ1) is 29.7. The molecule has 0 saturated heterocycles. The second-order valence-electron chi connectivity index (χ2n) is 11.7. The smallest absolute Gasteiger partial charge is 0.261 e. The molecule has 1 saturated carbocycles. The molecule has 5 nitrogen and oxygen atoms in total. The topological polar surface area (TPSA) is 58.6 Å². The van der Waals surface area contributed by atoms with E-state index < -0.39 is 6.04 Å². The van der Waals surface area contributed by atoms with Gasteiger partial charge in [-0.05, 0) is 53.1 Å². The van der Waals surface area contributed by atoms with Gasteiger partial charge in [0.1, 0.15) is 11.8 Å². The van der Waals surface area contributed by atoms with Crippen LogP contribution in [-0.4, -0.2) is 35.4 Å². The zero-order chi connectivity index (χ0) is 28.5. The third kappa shape index (κ3) is 8.34. The zero-order valence-corrected chi connectivity index (χ0v) is 24.6. The lowest BCUT2D eigenvalue weighted by molar-refractivity contribution is -0.143. The van der Waals surface area contributed by atoms with E-state index in [1.807, 2.05) is 72.8 Å². The number of nitrogens with zero attached hydrogens (tertiary/aromatic N) is 1. The van der Waals surface area contributed by atoms with Gasteiger partial charge < -0.3 is 15.0 Å². The first-order chi connectivity index (χ1) is 19.2. The van der Waals surface area contributed by atoms with E-state index in [2.05, 4.69) is 26.1 Å². The number of ether oxygens (including phenoxy) is 1. The molecule has 1 aliphatic rings. The molecule has 4 rings (SSSR count). The van der Waals surface area contributed by atoms with Crippen LogP contribution in [0.4, 0.5) is 0 Å². The van der Waals surface area contributed by atoms with Crippen molar-refractivity contribution in [2.75, 3.05) is 6.61 Å². The van der Waals surface area contributed by atoms with E-state index in [0.29, 0.717) is 17.2 Å². The normalized spacial score (nSPS) is 14.8. The molecule has 0 spiro atoms. The summed E-state index contributed by atoms with van der Waals surface area (Å²) in [4.78, 5) is 29.6. The maximum absolute atomic E-state index is 14.0. The maximum Gasteiger partial charge on any atom is 0.261 e. The Morgan fingerprint density at radius 1 is 0.925 bits per heavy atom. The van der Waals surface area contributed by atoms with Crippen LogP contribution in [0.1, 0.15) is 69.6 Å². The van der Waals surface area contributed by atoms with Gasteiger partial charge in [0.15, 0.2) is 6.61 Å². The largest absolute Gasteiger partial charge is 0.483 e. The number of halogens is 1. The number of carbonyl (C=O) groups is 2. The van der Waals surface area contributed by atoms with Crippen molar-refractivity contribution in [3.05, 3.63) is 101 Å². The van der Waals surface area contributed by atoms with Crippen molar-refractivity contribution >= 4 is 23.4 Å². The third-order valence-electron chi connectivity index (χ3n) is 7.51. The molecule has 2 amide bonds. The lowest BCUT2D eigenvalue weighted by atomic mass is 9.86. The van der Waals surface area contributed by atoms with Gasteiger partial charge in [-0.2, -0.15) is 0 Å². The third-order valence-corrected chi connectivity index (χ3v) is 7.75. The first-order valence-corrected chi connectivity index (χ1v) is 14.7. The molecule has 1 aliphatic carbocycles. The molecule has 212 valence electrons. The van der Waals surface area contributed by atoms with E-state index in [1.54, 1.807) is 11.0 Å². The highest BCUT2D eigenvalue weighted by molar-refractivity contribution is 6.30. The van der Waals surface area contributed by atoms with Gasteiger partial charge in [-0.15, -0.1) is 0 Å². The Kier molecular flexibility index (Phi) is 10.3. The summed E-state index contributed by atoms with van der Waals surface area (Å²) in [5, 5.41) is 3.86. The SMILES string of the molecule is CC(C)(C)c1ccccc1OCC(=O)N(Cc1cccc(Cl)c1)[C@@H](Cc1ccccc1)C(=O)NC1CCCCC1. The van der Waals surface area contributed by atoms with E-state index in [1.165, 1.54) is 6.42 Å². The average Bonchev–Trinajstić information content (AvgIpc) is 2.94. The molecule has 0 radical (unpaired) electrons. The first-order valence-electron chi connectivity index (χ1n) is 14.3. The van der Waals surface area contributed by atoms with Crippen molar-refractivity contribution in [3.8, 4) is 5.75 Å². The number of carbonyl (C=O) groups excluding carboxylic acids is 2. The Balaban J connectivity index is 1.64. The number of hydrogen-bond donors (Lipinski definition) is 1. The van der Waals surface area contributed by atoms with Crippen molar-refractivity contribution in [1.29, 1.82) is 0 Å². The van der Waals surface area contributed by atoms with Crippen LogP contribution in [0.2, 0.25) is 5.02 Å². The molecule has 3 aromatic carbocycles. The summed E-state index contributed by atoms with van der Waals surface area (Å²) in [5.74, 6) is 0.307. The van der Waals surface area contributed by atoms with Crippen LogP contribution in [0.5, 0.6) is 5.75 Å². The Bertz CT molecular complexity index is 1270. The Labute approximate surface area is 243 Å². The van der Waals surface area contributed by atoms with Crippen LogP contribution in [-0.2, 0) is 28.0 Å². The van der Waals surface area contributed by atoms with Crippen molar-refractivity contribution in [2.24, 2.45) is 0 Å². The van der Waals surface area contributed by atoms with Crippen LogP contribution >= 0.6 is 11.6 Å². The highest BCUT2D eigenvalue weighted by Crippen LogP contribution is 2.31. The Hall–Kier alpha value is -3.31. The Morgan fingerprint density at radius 3 is 2.30 bits per heavy atom. The number of amides is 2. The van der Waals surface area contributed by atoms with Gasteiger partial charge in [0.25, 0.3) is 5.91 Å². The number of rotatable bonds is 10. The van der Waals surface area contributed by atoms with Crippen LogP contribution in [0.25, 0.3) is 0 Å². The fraction of sp³-hybridized carbons (Fsp3) is 0.412. The minimum absolute atomic E-state index is 0.124. The summed E-state index contributed by atoms with van der Waals surface area (Å²) < 4.78 is 6.15. The minimum Gasteiger partial charge on any atom is -0.483 e. The standard InChI is InChI=1S/C34H41ClN2O3/c1-34(2,3)29-19-10-11-20-31(29)40-24-32(38)37(23-26-15-12-16-27(35)21-26)30(22-25-13-6-4-7-14-25)33(39)36-28-17-8-5-9-18-28/h4,6-7,10-16,19-21,28,30H,5,8-9,17-18,22-24H2,1-3H3,(H,36,39)/t30-/m0/s1. The molecule has 1 N–H and O–H groups in total. The molecule has 0 heterocycles. The fourth-order valence-corrected chi connectivity index (χ4v) is 5.58. The number of hydrogen-bond acceptors (Lipinski definition) is 3. The number of para-hydroxylation sites is 1. The summed E-state index contributed by atoms with van der Waals surface area (Å²) in [6.07, 6.45) is 5.77. The van der Waals surface area contributed by atoms with E-state index in [9.17, 15) is 9.59 Å². The molecule has 0 aliphatic heterocycles. The maximum atomic E-state index is 14.0. The van der Waals surface area contributed by atoms with Gasteiger partial charge in [-0.3, -0.25) is 9.59 Å². The summed E-state index contributed by atoms with van der Waals surface area (Å²) in [6.45, 7) is 6.44. The van der Waals surface area contributed by atoms with Gasteiger partial charge in [0, 0.05) is 24.0 Å². The van der Waals surface area contributed by atoms with Crippen molar-refractivity contribution < 1.29 is 14.3 Å². The molecule has 1 fully saturated rings. The molecule has 1 atom stereocenters. The predicted molar refractivity (Wildman–Crippen MR) is 162 cm³/mol. The van der Waals surface area contributed by atoms with Crippen LogP contribution in [0, 0.1) is 0 Å². The average molecular weight is 561 g/mol. The van der Waals surface area contributed by atoms with Crippen molar-refractivity contribution in [1.82, 2.24) is 10.2 Å². The molecular weight excluding hydrogens is 520 g/mol. The molecule has 6 heteroatoms. The summed E-state index contributed by atoms with van der Waals surface area (Å²) >= 11 is 6.30. The number of benzene rings is 3.